The molecule has 1 aliphatic carbocycles. The lowest BCUT2D eigenvalue weighted by atomic mass is 9.81. The zero-order chi connectivity index (χ0) is 11.3. The van der Waals surface area contributed by atoms with Crippen molar-refractivity contribution in [1.29, 1.82) is 0 Å². The third-order valence-corrected chi connectivity index (χ3v) is 3.66. The maximum absolute atomic E-state index is 3.73. The summed E-state index contributed by atoms with van der Waals surface area (Å²) in [4.78, 5) is 0. The highest BCUT2D eigenvalue weighted by Crippen LogP contribution is 2.30. The molecule has 0 aromatic carbocycles. The SMILES string of the molecule is CC(C)CCC(C)NC(C)CC1CCC1. The van der Waals surface area contributed by atoms with Gasteiger partial charge >= 0.3 is 0 Å². The Morgan fingerprint density at radius 1 is 1.00 bits per heavy atom. The Morgan fingerprint density at radius 2 is 1.67 bits per heavy atom. The maximum Gasteiger partial charge on any atom is 0.00438 e. The van der Waals surface area contributed by atoms with E-state index < -0.39 is 0 Å². The van der Waals surface area contributed by atoms with Gasteiger partial charge in [0.15, 0.2) is 0 Å². The molecular weight excluding hydrogens is 182 g/mol. The lowest BCUT2D eigenvalue weighted by Crippen LogP contribution is -2.36. The first-order chi connectivity index (χ1) is 7.08. The first kappa shape index (κ1) is 13.0. The van der Waals surface area contributed by atoms with Gasteiger partial charge in [-0.2, -0.15) is 0 Å². The summed E-state index contributed by atoms with van der Waals surface area (Å²) >= 11 is 0. The lowest BCUT2D eigenvalue weighted by molar-refractivity contribution is 0.256. The molecular formula is C14H29N. The van der Waals surface area contributed by atoms with Crippen LogP contribution >= 0.6 is 0 Å². The molecule has 1 nitrogen and oxygen atoms in total. The average Bonchev–Trinajstić information content (AvgIpc) is 2.08. The highest BCUT2D eigenvalue weighted by atomic mass is 14.9. The second-order valence-corrected chi connectivity index (χ2v) is 5.97. The van der Waals surface area contributed by atoms with E-state index in [0.29, 0.717) is 6.04 Å². The Labute approximate surface area is 96.0 Å². The van der Waals surface area contributed by atoms with Gasteiger partial charge in [-0.05, 0) is 44.9 Å². The summed E-state index contributed by atoms with van der Waals surface area (Å²) in [6, 6.07) is 1.42. The van der Waals surface area contributed by atoms with Crippen molar-refractivity contribution in [2.75, 3.05) is 0 Å². The summed E-state index contributed by atoms with van der Waals surface area (Å²) in [6.45, 7) is 9.30. The molecule has 1 N–H and O–H groups in total. The van der Waals surface area contributed by atoms with Crippen LogP contribution < -0.4 is 5.32 Å². The molecule has 1 heteroatoms. The van der Waals surface area contributed by atoms with Crippen LogP contribution in [0.25, 0.3) is 0 Å². The summed E-state index contributed by atoms with van der Waals surface area (Å²) in [5.41, 5.74) is 0. The number of rotatable bonds is 7. The van der Waals surface area contributed by atoms with E-state index in [1.807, 2.05) is 0 Å². The molecule has 0 saturated heterocycles. The third kappa shape index (κ3) is 5.55. The highest BCUT2D eigenvalue weighted by Gasteiger charge is 2.20. The number of nitrogens with one attached hydrogen (secondary N) is 1. The average molecular weight is 211 g/mol. The normalized spacial score (nSPS) is 21.4. The van der Waals surface area contributed by atoms with Gasteiger partial charge in [-0.1, -0.05) is 33.1 Å². The third-order valence-electron chi connectivity index (χ3n) is 3.66. The maximum atomic E-state index is 3.73. The van der Waals surface area contributed by atoms with Crippen LogP contribution in [0.2, 0.25) is 0 Å². The predicted molar refractivity (Wildman–Crippen MR) is 68.1 cm³/mol. The minimum absolute atomic E-state index is 0.697. The molecule has 0 amide bonds. The highest BCUT2D eigenvalue weighted by molar-refractivity contribution is 4.76. The molecule has 1 fully saturated rings. The van der Waals surface area contributed by atoms with E-state index >= 15 is 0 Å². The van der Waals surface area contributed by atoms with Crippen LogP contribution in [0, 0.1) is 11.8 Å². The van der Waals surface area contributed by atoms with Crippen LogP contribution in [-0.2, 0) is 0 Å². The van der Waals surface area contributed by atoms with Crippen LogP contribution in [0.15, 0.2) is 0 Å². The van der Waals surface area contributed by atoms with Crippen molar-refractivity contribution in [3.8, 4) is 0 Å². The van der Waals surface area contributed by atoms with Gasteiger partial charge in [-0.15, -0.1) is 0 Å². The quantitative estimate of drug-likeness (QED) is 0.671. The molecule has 2 unspecified atom stereocenters. The summed E-state index contributed by atoms with van der Waals surface area (Å²) < 4.78 is 0. The smallest absolute Gasteiger partial charge is 0.00438 e. The molecule has 1 saturated carbocycles. The van der Waals surface area contributed by atoms with Crippen molar-refractivity contribution in [2.24, 2.45) is 11.8 Å². The van der Waals surface area contributed by atoms with Gasteiger partial charge in [0.1, 0.15) is 0 Å². The Hall–Kier alpha value is -0.0400. The Bertz CT molecular complexity index is 161. The molecule has 15 heavy (non-hydrogen) atoms. The lowest BCUT2D eigenvalue weighted by Gasteiger charge is -2.30. The minimum Gasteiger partial charge on any atom is -0.312 e. The first-order valence-electron chi connectivity index (χ1n) is 6.84. The summed E-state index contributed by atoms with van der Waals surface area (Å²) in [5.74, 6) is 1.88. The molecule has 0 aromatic heterocycles. The van der Waals surface area contributed by atoms with E-state index in [1.54, 1.807) is 0 Å². The van der Waals surface area contributed by atoms with Crippen molar-refractivity contribution in [3.05, 3.63) is 0 Å². The van der Waals surface area contributed by atoms with Gasteiger partial charge < -0.3 is 5.32 Å². The second-order valence-electron chi connectivity index (χ2n) is 5.97. The number of hydrogen-bond acceptors (Lipinski definition) is 1. The molecule has 0 bridgehead atoms. The van der Waals surface area contributed by atoms with Crippen molar-refractivity contribution in [3.63, 3.8) is 0 Å². The molecule has 2 atom stereocenters. The van der Waals surface area contributed by atoms with E-state index in [1.165, 1.54) is 38.5 Å². The first-order valence-corrected chi connectivity index (χ1v) is 6.84. The van der Waals surface area contributed by atoms with Crippen LogP contribution in [0.4, 0.5) is 0 Å². The fourth-order valence-electron chi connectivity index (χ4n) is 2.45. The summed E-state index contributed by atoms with van der Waals surface area (Å²) in [5, 5.41) is 3.73. The van der Waals surface area contributed by atoms with Crippen molar-refractivity contribution in [1.82, 2.24) is 5.32 Å². The van der Waals surface area contributed by atoms with E-state index in [0.717, 1.165) is 17.9 Å². The largest absolute Gasteiger partial charge is 0.312 e. The van der Waals surface area contributed by atoms with Crippen LogP contribution in [0.1, 0.15) is 66.2 Å². The van der Waals surface area contributed by atoms with Gasteiger partial charge in [0.2, 0.25) is 0 Å². The van der Waals surface area contributed by atoms with Crippen LogP contribution in [0.5, 0.6) is 0 Å². The van der Waals surface area contributed by atoms with Gasteiger partial charge in [0, 0.05) is 12.1 Å². The predicted octanol–water partition coefficient (Wildman–Crippen LogP) is 3.98. The molecule has 90 valence electrons. The molecule has 0 aliphatic heterocycles. The van der Waals surface area contributed by atoms with E-state index in [4.69, 9.17) is 0 Å². The molecule has 1 aliphatic rings. The summed E-state index contributed by atoms with van der Waals surface area (Å²) in [7, 11) is 0. The standard InChI is InChI=1S/C14H29N/c1-11(2)8-9-12(3)15-13(4)10-14-6-5-7-14/h11-15H,5-10H2,1-4H3. The molecule has 0 radical (unpaired) electrons. The Balaban J connectivity index is 2.04. The molecule has 0 aromatic rings. The van der Waals surface area contributed by atoms with Gasteiger partial charge in [-0.3, -0.25) is 0 Å². The molecule has 0 heterocycles. The van der Waals surface area contributed by atoms with Gasteiger partial charge in [-0.25, -0.2) is 0 Å². The zero-order valence-electron chi connectivity index (χ0n) is 11.1. The van der Waals surface area contributed by atoms with Crippen molar-refractivity contribution < 1.29 is 0 Å². The topological polar surface area (TPSA) is 12.0 Å². The minimum atomic E-state index is 0.697. The monoisotopic (exact) mass is 211 g/mol. The van der Waals surface area contributed by atoms with Crippen molar-refractivity contribution in [2.45, 2.75) is 78.3 Å². The Morgan fingerprint density at radius 3 is 2.13 bits per heavy atom. The fourth-order valence-corrected chi connectivity index (χ4v) is 2.45. The summed E-state index contributed by atoms with van der Waals surface area (Å²) in [6.07, 6.45) is 8.50. The fraction of sp³-hybridized carbons (Fsp3) is 1.00. The van der Waals surface area contributed by atoms with E-state index in [2.05, 4.69) is 33.0 Å². The second kappa shape index (κ2) is 6.52. The molecule has 1 rings (SSSR count). The zero-order valence-corrected chi connectivity index (χ0v) is 11.1. The van der Waals surface area contributed by atoms with E-state index in [9.17, 15) is 0 Å². The number of hydrogen-bond donors (Lipinski definition) is 1. The van der Waals surface area contributed by atoms with Crippen molar-refractivity contribution >= 4 is 0 Å². The molecule has 0 spiro atoms. The van der Waals surface area contributed by atoms with E-state index in [-0.39, 0.29) is 0 Å². The van der Waals surface area contributed by atoms with Crippen LogP contribution in [0.3, 0.4) is 0 Å². The Kier molecular flexibility index (Phi) is 5.66. The van der Waals surface area contributed by atoms with Crippen LogP contribution in [-0.4, -0.2) is 12.1 Å². The van der Waals surface area contributed by atoms with Gasteiger partial charge in [0.25, 0.3) is 0 Å². The van der Waals surface area contributed by atoms with Gasteiger partial charge in [0.05, 0.1) is 0 Å².